The molecule has 2 aromatic carbocycles. The number of carbonyl (C=O) groups excluding carboxylic acids is 1. The number of thioether (sulfide) groups is 1. The Kier molecular flexibility index (Phi) is 7.15. The summed E-state index contributed by atoms with van der Waals surface area (Å²) in [6.45, 7) is 5.48. The molecule has 0 bridgehead atoms. The number of amides is 1. The summed E-state index contributed by atoms with van der Waals surface area (Å²) in [6.07, 6.45) is 0. The molecule has 30 heavy (non-hydrogen) atoms. The van der Waals surface area contributed by atoms with Gasteiger partial charge in [-0.05, 0) is 37.1 Å². The monoisotopic (exact) mass is 423 g/mol. The Labute approximate surface area is 182 Å². The predicted octanol–water partition coefficient (Wildman–Crippen LogP) is 4.09. The molecule has 0 aliphatic heterocycles. The normalized spacial score (nSPS) is 10.8. The topological polar surface area (TPSA) is 54.3 Å². The van der Waals surface area contributed by atoms with E-state index in [9.17, 15) is 4.79 Å². The minimum Gasteiger partial charge on any atom is -0.378 e. The highest BCUT2D eigenvalue weighted by molar-refractivity contribution is 7.99. The molecule has 0 radical (unpaired) electrons. The summed E-state index contributed by atoms with van der Waals surface area (Å²) in [5.74, 6) is 1.25. The molecule has 0 N–H and O–H groups in total. The van der Waals surface area contributed by atoms with Gasteiger partial charge in [0, 0.05) is 45.5 Å². The third-order valence-electron chi connectivity index (χ3n) is 5.04. The Hall–Kier alpha value is -2.80. The van der Waals surface area contributed by atoms with E-state index >= 15 is 0 Å². The van der Waals surface area contributed by atoms with Gasteiger partial charge in [-0.1, -0.05) is 48.2 Å². The van der Waals surface area contributed by atoms with Crippen LogP contribution in [-0.2, 0) is 17.9 Å². The molecule has 0 spiro atoms. The molecule has 1 aromatic heterocycles. The highest BCUT2D eigenvalue weighted by atomic mass is 32.2. The van der Waals surface area contributed by atoms with Crippen LogP contribution in [0.4, 0.5) is 5.69 Å². The smallest absolute Gasteiger partial charge is 0.233 e. The van der Waals surface area contributed by atoms with Crippen molar-refractivity contribution < 1.29 is 4.79 Å². The third-order valence-corrected chi connectivity index (χ3v) is 5.99. The lowest BCUT2D eigenvalue weighted by molar-refractivity contribution is -0.127. The number of carbonyl (C=O) groups is 1. The van der Waals surface area contributed by atoms with Crippen molar-refractivity contribution in [3.63, 3.8) is 0 Å². The maximum atomic E-state index is 12.7. The van der Waals surface area contributed by atoms with Crippen molar-refractivity contribution in [2.75, 3.05) is 31.8 Å². The van der Waals surface area contributed by atoms with Crippen molar-refractivity contribution in [3.05, 3.63) is 59.7 Å². The van der Waals surface area contributed by atoms with Crippen LogP contribution in [-0.4, -0.2) is 52.5 Å². The van der Waals surface area contributed by atoms with Crippen LogP contribution in [0.2, 0.25) is 0 Å². The first-order chi connectivity index (χ1) is 14.4. The third kappa shape index (κ3) is 5.02. The SMILES string of the molecule is CCn1c(SCC(=O)N(C)Cc2ccc(N(C)C)cc2)nnc1-c1ccccc1C. The molecule has 0 saturated carbocycles. The Bertz CT molecular complexity index is 997. The molecule has 0 aliphatic rings. The van der Waals surface area contributed by atoms with Crippen LogP contribution in [0.15, 0.2) is 53.7 Å². The average molecular weight is 424 g/mol. The summed E-state index contributed by atoms with van der Waals surface area (Å²) >= 11 is 1.44. The van der Waals surface area contributed by atoms with Crippen molar-refractivity contribution in [1.29, 1.82) is 0 Å². The highest BCUT2D eigenvalue weighted by Crippen LogP contribution is 2.26. The molecule has 3 rings (SSSR count). The van der Waals surface area contributed by atoms with Crippen LogP contribution in [0, 0.1) is 6.92 Å². The fourth-order valence-corrected chi connectivity index (χ4v) is 4.14. The van der Waals surface area contributed by atoms with E-state index in [4.69, 9.17) is 0 Å². The van der Waals surface area contributed by atoms with Gasteiger partial charge in [0.15, 0.2) is 11.0 Å². The van der Waals surface area contributed by atoms with Gasteiger partial charge in [0.1, 0.15) is 0 Å². The summed E-state index contributed by atoms with van der Waals surface area (Å²) in [5, 5.41) is 9.51. The number of rotatable bonds is 8. The van der Waals surface area contributed by atoms with E-state index in [-0.39, 0.29) is 5.91 Å². The van der Waals surface area contributed by atoms with Gasteiger partial charge in [-0.2, -0.15) is 0 Å². The lowest BCUT2D eigenvalue weighted by Crippen LogP contribution is -2.28. The van der Waals surface area contributed by atoms with Crippen molar-refractivity contribution in [2.24, 2.45) is 0 Å². The second kappa shape index (κ2) is 9.80. The standard InChI is InChI=1S/C23H29N5OS/c1-6-28-22(20-10-8-7-9-17(20)2)24-25-23(28)30-16-21(29)27(5)15-18-11-13-19(14-12-18)26(3)4/h7-14H,6,15-16H2,1-5H3. The van der Waals surface area contributed by atoms with Crippen LogP contribution in [0.5, 0.6) is 0 Å². The number of aryl methyl sites for hydroxylation is 1. The molecule has 1 amide bonds. The average Bonchev–Trinajstić information content (AvgIpc) is 3.15. The summed E-state index contributed by atoms with van der Waals surface area (Å²) in [6, 6.07) is 16.4. The molecular weight excluding hydrogens is 394 g/mol. The largest absolute Gasteiger partial charge is 0.378 e. The van der Waals surface area contributed by atoms with E-state index in [2.05, 4.69) is 69.9 Å². The lowest BCUT2D eigenvalue weighted by Gasteiger charge is -2.18. The Morgan fingerprint density at radius 1 is 1.03 bits per heavy atom. The van der Waals surface area contributed by atoms with Crippen LogP contribution >= 0.6 is 11.8 Å². The summed E-state index contributed by atoms with van der Waals surface area (Å²) in [5.41, 5.74) is 4.49. The first-order valence-corrected chi connectivity index (χ1v) is 11.0. The quantitative estimate of drug-likeness (QED) is 0.511. The number of hydrogen-bond donors (Lipinski definition) is 0. The number of aromatic nitrogens is 3. The van der Waals surface area contributed by atoms with Crippen molar-refractivity contribution in [2.45, 2.75) is 32.1 Å². The first kappa shape index (κ1) is 21.9. The van der Waals surface area contributed by atoms with Crippen LogP contribution in [0.1, 0.15) is 18.1 Å². The maximum absolute atomic E-state index is 12.7. The molecule has 0 aliphatic carbocycles. The lowest BCUT2D eigenvalue weighted by atomic mass is 10.1. The van der Waals surface area contributed by atoms with Crippen molar-refractivity contribution in [3.8, 4) is 11.4 Å². The van der Waals surface area contributed by atoms with Crippen molar-refractivity contribution >= 4 is 23.4 Å². The Morgan fingerprint density at radius 3 is 2.37 bits per heavy atom. The van der Waals surface area contributed by atoms with Crippen molar-refractivity contribution in [1.82, 2.24) is 19.7 Å². The minimum atomic E-state index is 0.0692. The molecule has 0 fully saturated rings. The van der Waals surface area contributed by atoms with Gasteiger partial charge < -0.3 is 14.4 Å². The van der Waals surface area contributed by atoms with Crippen LogP contribution < -0.4 is 4.90 Å². The second-order valence-electron chi connectivity index (χ2n) is 7.46. The number of nitrogens with zero attached hydrogens (tertiary/aromatic N) is 5. The number of benzene rings is 2. The summed E-state index contributed by atoms with van der Waals surface area (Å²) in [7, 11) is 5.87. The fourth-order valence-electron chi connectivity index (χ4n) is 3.20. The van der Waals surface area contributed by atoms with Gasteiger partial charge in [0.2, 0.25) is 5.91 Å². The van der Waals surface area contributed by atoms with Gasteiger partial charge in [0.05, 0.1) is 5.75 Å². The summed E-state index contributed by atoms with van der Waals surface area (Å²) < 4.78 is 2.07. The van der Waals surface area contributed by atoms with E-state index < -0.39 is 0 Å². The van der Waals surface area contributed by atoms with E-state index in [1.165, 1.54) is 11.8 Å². The molecule has 0 unspecified atom stereocenters. The minimum absolute atomic E-state index is 0.0692. The Balaban J connectivity index is 1.63. The van der Waals surface area contributed by atoms with Gasteiger partial charge in [0.25, 0.3) is 0 Å². The second-order valence-corrected chi connectivity index (χ2v) is 8.41. The molecule has 158 valence electrons. The highest BCUT2D eigenvalue weighted by Gasteiger charge is 2.17. The van der Waals surface area contributed by atoms with Gasteiger partial charge in [-0.3, -0.25) is 4.79 Å². The van der Waals surface area contributed by atoms with E-state index in [1.54, 1.807) is 4.90 Å². The zero-order valence-corrected chi connectivity index (χ0v) is 19.1. The van der Waals surface area contributed by atoms with E-state index in [0.29, 0.717) is 12.3 Å². The number of anilines is 1. The molecule has 0 saturated heterocycles. The van der Waals surface area contributed by atoms with E-state index in [0.717, 1.165) is 39.9 Å². The molecule has 1 heterocycles. The zero-order valence-electron chi connectivity index (χ0n) is 18.3. The van der Waals surface area contributed by atoms with Gasteiger partial charge in [-0.25, -0.2) is 0 Å². The maximum Gasteiger partial charge on any atom is 0.233 e. The molecule has 6 nitrogen and oxygen atoms in total. The fraction of sp³-hybridized carbons (Fsp3) is 0.348. The zero-order chi connectivity index (χ0) is 21.7. The van der Waals surface area contributed by atoms with Gasteiger partial charge >= 0.3 is 0 Å². The molecule has 0 atom stereocenters. The molecule has 7 heteroatoms. The first-order valence-electron chi connectivity index (χ1n) is 10.0. The van der Waals surface area contributed by atoms with Crippen LogP contribution in [0.3, 0.4) is 0 Å². The number of hydrogen-bond acceptors (Lipinski definition) is 5. The predicted molar refractivity (Wildman–Crippen MR) is 124 cm³/mol. The van der Waals surface area contributed by atoms with Gasteiger partial charge in [-0.15, -0.1) is 10.2 Å². The van der Waals surface area contributed by atoms with Crippen LogP contribution in [0.25, 0.3) is 11.4 Å². The van der Waals surface area contributed by atoms with E-state index in [1.807, 2.05) is 33.3 Å². The Morgan fingerprint density at radius 2 is 1.73 bits per heavy atom. The summed E-state index contributed by atoms with van der Waals surface area (Å²) in [4.78, 5) is 16.5. The molecule has 3 aromatic rings. The molecular formula is C23H29N5OS.